The van der Waals surface area contributed by atoms with Crippen molar-refractivity contribution >= 4 is 11.8 Å². The molecule has 1 saturated carbocycles. The smallest absolute Gasteiger partial charge is 0.222 e. The van der Waals surface area contributed by atoms with Gasteiger partial charge in [0, 0.05) is 17.1 Å². The quantitative estimate of drug-likeness (QED) is 0.275. The van der Waals surface area contributed by atoms with E-state index in [0.29, 0.717) is 6.42 Å². The van der Waals surface area contributed by atoms with E-state index >= 15 is 0 Å². The number of allylic oxidation sites excluding steroid dienone is 2. The van der Waals surface area contributed by atoms with Gasteiger partial charge in [-0.1, -0.05) is 64.7 Å². The lowest BCUT2D eigenvalue weighted by molar-refractivity contribution is -0.175. The zero-order chi connectivity index (χ0) is 19.1. The first-order chi connectivity index (χ1) is 11.9. The lowest BCUT2D eigenvalue weighted by Crippen LogP contribution is -2.42. The third-order valence-electron chi connectivity index (χ3n) is 4.11. The highest BCUT2D eigenvalue weighted by molar-refractivity contribution is 8.03. The lowest BCUT2D eigenvalue weighted by atomic mass is 10.0. The molecule has 1 fully saturated rings. The Balaban J connectivity index is 0.00000277. The van der Waals surface area contributed by atoms with Crippen LogP contribution in [-0.2, 0) is 0 Å². The van der Waals surface area contributed by atoms with Crippen LogP contribution in [0.25, 0.3) is 0 Å². The van der Waals surface area contributed by atoms with Gasteiger partial charge in [-0.25, -0.2) is 0 Å². The zero-order valence-corrected chi connectivity index (χ0v) is 17.1. The van der Waals surface area contributed by atoms with Crippen molar-refractivity contribution in [3.05, 3.63) is 23.1 Å². The second-order valence-electron chi connectivity index (χ2n) is 6.56. The van der Waals surface area contributed by atoms with Crippen LogP contribution in [0.15, 0.2) is 23.1 Å². The molecule has 0 saturated heterocycles. The van der Waals surface area contributed by atoms with E-state index in [4.69, 9.17) is 15.9 Å². The van der Waals surface area contributed by atoms with Gasteiger partial charge < -0.3 is 15.3 Å². The number of nitrogens with two attached hydrogens (primary N) is 1. The second-order valence-corrected chi connectivity index (χ2v) is 7.65. The summed E-state index contributed by atoms with van der Waals surface area (Å²) in [5.41, 5.74) is 5.11. The van der Waals surface area contributed by atoms with Crippen LogP contribution in [0, 0.1) is 5.92 Å². The maximum Gasteiger partial charge on any atom is 0.222 e. The molecule has 1 aliphatic carbocycles. The zero-order valence-electron chi connectivity index (χ0n) is 16.3. The largest absolute Gasteiger partial charge is 0.393 e. The van der Waals surface area contributed by atoms with Crippen LogP contribution in [0.1, 0.15) is 78.6 Å². The van der Waals surface area contributed by atoms with E-state index in [-0.39, 0.29) is 6.42 Å². The van der Waals surface area contributed by atoms with Crippen LogP contribution in [0.2, 0.25) is 0 Å². The summed E-state index contributed by atoms with van der Waals surface area (Å²) in [5, 5.41) is 28.1. The Kier molecular flexibility index (Phi) is 14.6. The molecule has 1 rings (SSSR count). The lowest BCUT2D eigenvalue weighted by Gasteiger charge is -2.19. The summed E-state index contributed by atoms with van der Waals surface area (Å²) in [4.78, 5) is 1.15. The van der Waals surface area contributed by atoms with Crippen LogP contribution >= 0.6 is 11.8 Å². The molecule has 0 bridgehead atoms. The predicted molar refractivity (Wildman–Crippen MR) is 109 cm³/mol. The Morgan fingerprint density at radius 1 is 1.20 bits per heavy atom. The Bertz CT molecular complexity index is 370. The molecular formula is C20H39NO3S. The average molecular weight is 374 g/mol. The van der Waals surface area contributed by atoms with Crippen LogP contribution in [0.3, 0.4) is 0 Å². The Labute approximate surface area is 158 Å². The summed E-state index contributed by atoms with van der Waals surface area (Å²) in [7, 11) is 0. The van der Waals surface area contributed by atoms with Gasteiger partial charge in [-0.3, -0.25) is 5.73 Å². The van der Waals surface area contributed by atoms with Crippen molar-refractivity contribution < 1.29 is 15.3 Å². The SMILES string of the molecule is CC.CC/C=C\C(=C/CC(O)CC(N)(O)O)SCC1CCCCCC1. The average Bonchev–Trinajstić information content (AvgIpc) is 2.83. The highest BCUT2D eigenvalue weighted by atomic mass is 32.2. The minimum Gasteiger partial charge on any atom is -0.393 e. The van der Waals surface area contributed by atoms with Crippen LogP contribution in [0.5, 0.6) is 0 Å². The van der Waals surface area contributed by atoms with Crippen molar-refractivity contribution in [2.24, 2.45) is 11.7 Å². The van der Waals surface area contributed by atoms with Gasteiger partial charge in [-0.15, -0.1) is 11.8 Å². The molecule has 0 radical (unpaired) electrons. The van der Waals surface area contributed by atoms with E-state index < -0.39 is 12.0 Å². The summed E-state index contributed by atoms with van der Waals surface area (Å²) in [6.45, 7) is 6.10. The normalized spacial score (nSPS) is 18.6. The molecule has 0 spiro atoms. The van der Waals surface area contributed by atoms with E-state index in [1.807, 2.05) is 31.7 Å². The fourth-order valence-corrected chi connectivity index (χ4v) is 4.00. The molecule has 4 nitrogen and oxygen atoms in total. The van der Waals surface area contributed by atoms with Gasteiger partial charge in [0.2, 0.25) is 5.91 Å². The summed E-state index contributed by atoms with van der Waals surface area (Å²) >= 11 is 1.84. The number of thioether (sulfide) groups is 1. The van der Waals surface area contributed by atoms with Crippen molar-refractivity contribution in [3.63, 3.8) is 0 Å². The summed E-state index contributed by atoms with van der Waals surface area (Å²) < 4.78 is 0. The summed E-state index contributed by atoms with van der Waals surface area (Å²) in [6, 6.07) is 0. The Hall–Kier alpha value is -0.330. The van der Waals surface area contributed by atoms with Gasteiger partial charge in [-0.2, -0.15) is 0 Å². The molecular weight excluding hydrogens is 334 g/mol. The minimum absolute atomic E-state index is 0.248. The molecule has 0 heterocycles. The van der Waals surface area contributed by atoms with E-state index in [9.17, 15) is 5.11 Å². The van der Waals surface area contributed by atoms with Crippen LogP contribution in [0.4, 0.5) is 0 Å². The van der Waals surface area contributed by atoms with Crippen LogP contribution < -0.4 is 5.73 Å². The monoisotopic (exact) mass is 373 g/mol. The molecule has 0 aromatic rings. The highest BCUT2D eigenvalue weighted by Gasteiger charge is 2.20. The van der Waals surface area contributed by atoms with Gasteiger partial charge >= 0.3 is 0 Å². The van der Waals surface area contributed by atoms with Gasteiger partial charge in [-0.05, 0) is 31.6 Å². The van der Waals surface area contributed by atoms with E-state index in [1.54, 1.807) is 0 Å². The fourth-order valence-electron chi connectivity index (χ4n) is 2.84. The van der Waals surface area contributed by atoms with Gasteiger partial charge in [0.05, 0.1) is 6.10 Å². The molecule has 0 amide bonds. The van der Waals surface area contributed by atoms with Crippen molar-refractivity contribution in [2.45, 2.75) is 90.6 Å². The van der Waals surface area contributed by atoms with E-state index in [2.05, 4.69) is 19.1 Å². The summed E-state index contributed by atoms with van der Waals surface area (Å²) in [5.74, 6) is -0.394. The van der Waals surface area contributed by atoms with E-state index in [1.165, 1.54) is 38.5 Å². The molecule has 1 atom stereocenters. The van der Waals surface area contributed by atoms with Gasteiger partial charge in [0.15, 0.2) is 0 Å². The third-order valence-corrected chi connectivity index (χ3v) is 5.38. The van der Waals surface area contributed by atoms with Crippen molar-refractivity contribution in [1.82, 2.24) is 0 Å². The molecule has 1 unspecified atom stereocenters. The topological polar surface area (TPSA) is 86.7 Å². The molecule has 0 aliphatic heterocycles. The Morgan fingerprint density at radius 2 is 1.80 bits per heavy atom. The highest BCUT2D eigenvalue weighted by Crippen LogP contribution is 2.29. The summed E-state index contributed by atoms with van der Waals surface area (Å²) in [6.07, 6.45) is 14.5. The molecule has 5 N–H and O–H groups in total. The standard InChI is InChI=1S/C18H33NO3S.C2H6/c1-2-3-10-17(12-11-16(20)13-18(19,21)22)23-14-15-8-6-4-5-7-9-15;1-2/h3,10,12,15-16,20-22H,2,4-9,11,13-14,19H2,1H3;1-2H3/b10-3-,17-12+;. The van der Waals surface area contributed by atoms with Gasteiger partial charge in [0.1, 0.15) is 0 Å². The van der Waals surface area contributed by atoms with Crippen molar-refractivity contribution in [1.29, 1.82) is 0 Å². The number of aliphatic hydroxyl groups excluding tert-OH is 1. The molecule has 25 heavy (non-hydrogen) atoms. The fraction of sp³-hybridized carbons (Fsp3) is 0.800. The predicted octanol–water partition coefficient (Wildman–Crippen LogP) is 4.30. The first-order valence-corrected chi connectivity index (χ1v) is 10.8. The van der Waals surface area contributed by atoms with Crippen molar-refractivity contribution in [2.75, 3.05) is 5.75 Å². The first-order valence-electron chi connectivity index (χ1n) is 9.82. The number of hydrogen-bond acceptors (Lipinski definition) is 5. The van der Waals surface area contributed by atoms with E-state index in [0.717, 1.165) is 23.0 Å². The third kappa shape index (κ3) is 14.5. The molecule has 5 heteroatoms. The number of hydrogen-bond donors (Lipinski definition) is 4. The first kappa shape index (κ1) is 24.7. The number of aliphatic hydroxyl groups is 3. The molecule has 148 valence electrons. The number of rotatable bonds is 9. The van der Waals surface area contributed by atoms with Crippen molar-refractivity contribution in [3.8, 4) is 0 Å². The minimum atomic E-state index is -2.31. The van der Waals surface area contributed by atoms with Gasteiger partial charge in [0.25, 0.3) is 0 Å². The maximum absolute atomic E-state index is 9.84. The maximum atomic E-state index is 9.84. The second kappa shape index (κ2) is 14.8. The molecule has 0 aromatic carbocycles. The Morgan fingerprint density at radius 3 is 2.32 bits per heavy atom. The molecule has 0 aromatic heterocycles. The molecule has 1 aliphatic rings. The van der Waals surface area contributed by atoms with Crippen LogP contribution in [-0.4, -0.2) is 33.1 Å².